The van der Waals surface area contributed by atoms with Crippen molar-refractivity contribution in [3.63, 3.8) is 0 Å². The maximum Gasteiger partial charge on any atom is 0.253 e. The van der Waals surface area contributed by atoms with Crippen LogP contribution in [0.2, 0.25) is 0 Å². The Bertz CT molecular complexity index is 1370. The minimum Gasteiger partial charge on any atom is -0.496 e. The van der Waals surface area contributed by atoms with Crippen LogP contribution in [0.4, 0.5) is 17.3 Å². The molecule has 1 heterocycles. The van der Waals surface area contributed by atoms with E-state index in [1.165, 1.54) is 6.92 Å². The lowest BCUT2D eigenvalue weighted by molar-refractivity contribution is -0.114. The molecule has 0 spiro atoms. The van der Waals surface area contributed by atoms with Gasteiger partial charge in [0.05, 0.1) is 12.8 Å². The second kappa shape index (κ2) is 11.1. The lowest BCUT2D eigenvalue weighted by Gasteiger charge is -2.19. The second-order valence-electron chi connectivity index (χ2n) is 8.20. The van der Waals surface area contributed by atoms with Gasteiger partial charge in [0.1, 0.15) is 5.75 Å². The van der Waals surface area contributed by atoms with Crippen LogP contribution in [0.15, 0.2) is 85.1 Å². The molecule has 0 fully saturated rings. The number of carbonyl (C=O) groups is 2. The number of methoxy groups -OCH3 is 1. The fourth-order valence-corrected chi connectivity index (χ4v) is 3.75. The molecule has 0 bridgehead atoms. The Labute approximate surface area is 210 Å². The van der Waals surface area contributed by atoms with Gasteiger partial charge in [0.25, 0.3) is 5.91 Å². The Hall–Kier alpha value is -4.72. The van der Waals surface area contributed by atoms with Gasteiger partial charge in [-0.1, -0.05) is 36.4 Å². The second-order valence-corrected chi connectivity index (χ2v) is 8.20. The van der Waals surface area contributed by atoms with Crippen LogP contribution in [0, 0.1) is 0 Å². The number of hydrogen-bond acceptors (Lipinski definition) is 6. The average molecular weight is 482 g/mol. The normalized spacial score (nSPS) is 10.4. The van der Waals surface area contributed by atoms with E-state index in [2.05, 4.69) is 20.6 Å². The van der Waals surface area contributed by atoms with Gasteiger partial charge in [-0.25, -0.2) is 9.97 Å². The van der Waals surface area contributed by atoms with Crippen molar-refractivity contribution in [2.75, 3.05) is 24.8 Å². The van der Waals surface area contributed by atoms with E-state index in [1.807, 2.05) is 66.7 Å². The highest BCUT2D eigenvalue weighted by molar-refractivity contribution is 5.95. The summed E-state index contributed by atoms with van der Waals surface area (Å²) in [6.45, 7) is 1.89. The lowest BCUT2D eigenvalue weighted by Crippen LogP contribution is -2.26. The number of nitrogens with zero attached hydrogens (tertiary/aromatic N) is 3. The van der Waals surface area contributed by atoms with Crippen molar-refractivity contribution in [3.8, 4) is 17.0 Å². The van der Waals surface area contributed by atoms with Gasteiger partial charge < -0.3 is 20.3 Å². The first-order valence-electron chi connectivity index (χ1n) is 11.4. The summed E-state index contributed by atoms with van der Waals surface area (Å²) >= 11 is 0. The first kappa shape index (κ1) is 24.4. The number of amides is 2. The lowest BCUT2D eigenvalue weighted by atomic mass is 10.1. The number of aromatic nitrogens is 2. The predicted molar refractivity (Wildman–Crippen MR) is 140 cm³/mol. The smallest absolute Gasteiger partial charge is 0.253 e. The molecule has 8 nitrogen and oxygen atoms in total. The molecular weight excluding hydrogens is 454 g/mol. The molecule has 3 aromatic carbocycles. The van der Waals surface area contributed by atoms with Gasteiger partial charge in [-0.3, -0.25) is 9.59 Å². The van der Waals surface area contributed by atoms with Gasteiger partial charge in [-0.15, -0.1) is 0 Å². The Morgan fingerprint density at radius 2 is 1.72 bits per heavy atom. The highest BCUT2D eigenvalue weighted by Crippen LogP contribution is 2.23. The third-order valence-electron chi connectivity index (χ3n) is 5.47. The minimum atomic E-state index is -0.122. The van der Waals surface area contributed by atoms with Crippen LogP contribution in [0.1, 0.15) is 22.8 Å². The fourth-order valence-electron chi connectivity index (χ4n) is 3.75. The molecule has 0 radical (unpaired) electrons. The summed E-state index contributed by atoms with van der Waals surface area (Å²) < 4.78 is 5.40. The van der Waals surface area contributed by atoms with Gasteiger partial charge in [-0.05, 0) is 42.5 Å². The van der Waals surface area contributed by atoms with Crippen LogP contribution in [0.3, 0.4) is 0 Å². The van der Waals surface area contributed by atoms with Crippen molar-refractivity contribution < 1.29 is 14.3 Å². The van der Waals surface area contributed by atoms with E-state index >= 15 is 0 Å². The molecule has 2 N–H and O–H groups in total. The molecular formula is C28H27N5O3. The first-order valence-corrected chi connectivity index (χ1v) is 11.4. The van der Waals surface area contributed by atoms with Crippen molar-refractivity contribution in [1.29, 1.82) is 0 Å². The molecule has 0 saturated carbocycles. The first-order chi connectivity index (χ1) is 17.4. The van der Waals surface area contributed by atoms with Crippen LogP contribution in [0.5, 0.6) is 5.75 Å². The third kappa shape index (κ3) is 6.04. The number of carbonyl (C=O) groups excluding carboxylic acids is 2. The van der Waals surface area contributed by atoms with Gasteiger partial charge in [0.2, 0.25) is 11.9 Å². The van der Waals surface area contributed by atoms with Crippen molar-refractivity contribution in [3.05, 3.63) is 96.2 Å². The minimum absolute atomic E-state index is 0.113. The summed E-state index contributed by atoms with van der Waals surface area (Å²) in [5, 5.41) is 5.93. The number of nitrogens with one attached hydrogen (secondary N) is 2. The molecule has 0 aliphatic carbocycles. The number of ether oxygens (including phenoxy) is 1. The van der Waals surface area contributed by atoms with Gasteiger partial charge in [0.15, 0.2) is 0 Å². The average Bonchev–Trinajstić information content (AvgIpc) is 2.89. The van der Waals surface area contributed by atoms with Gasteiger partial charge >= 0.3 is 0 Å². The molecule has 2 amide bonds. The molecule has 0 aliphatic rings. The molecule has 8 heteroatoms. The van der Waals surface area contributed by atoms with E-state index in [4.69, 9.17) is 4.74 Å². The highest BCUT2D eigenvalue weighted by atomic mass is 16.5. The fraction of sp³-hybridized carbons (Fsp3) is 0.143. The summed E-state index contributed by atoms with van der Waals surface area (Å²) in [6.07, 6.45) is 1.67. The molecule has 182 valence electrons. The number of benzene rings is 3. The summed E-state index contributed by atoms with van der Waals surface area (Å²) in [6, 6.07) is 24.1. The zero-order chi connectivity index (χ0) is 25.5. The Morgan fingerprint density at radius 1 is 0.944 bits per heavy atom. The largest absolute Gasteiger partial charge is 0.496 e. The zero-order valence-corrected chi connectivity index (χ0v) is 20.4. The Kier molecular flexibility index (Phi) is 7.55. The SMILES string of the molecule is COc1ccccc1CN(C)C(=O)c1cccc(Nc2nccc(-c3ccc(NC(C)=O)cc3)n2)c1. The van der Waals surface area contributed by atoms with E-state index in [0.29, 0.717) is 23.7 Å². The van der Waals surface area contributed by atoms with Crippen LogP contribution >= 0.6 is 0 Å². The van der Waals surface area contributed by atoms with Crippen LogP contribution in [-0.4, -0.2) is 40.8 Å². The monoisotopic (exact) mass is 481 g/mol. The maximum absolute atomic E-state index is 13.1. The van der Waals surface area contributed by atoms with Crippen LogP contribution < -0.4 is 15.4 Å². The topological polar surface area (TPSA) is 96.5 Å². The highest BCUT2D eigenvalue weighted by Gasteiger charge is 2.15. The van der Waals surface area contributed by atoms with Crippen molar-refractivity contribution in [1.82, 2.24) is 14.9 Å². The van der Waals surface area contributed by atoms with E-state index in [0.717, 1.165) is 28.3 Å². The Morgan fingerprint density at radius 3 is 2.47 bits per heavy atom. The number of anilines is 3. The number of para-hydroxylation sites is 1. The summed E-state index contributed by atoms with van der Waals surface area (Å²) in [5.74, 6) is 0.918. The molecule has 1 aromatic heterocycles. The van der Waals surface area contributed by atoms with Crippen molar-refractivity contribution >= 4 is 29.1 Å². The summed E-state index contributed by atoms with van der Waals surface area (Å²) in [4.78, 5) is 34.9. The zero-order valence-electron chi connectivity index (χ0n) is 20.4. The Balaban J connectivity index is 1.47. The van der Waals surface area contributed by atoms with Crippen LogP contribution in [-0.2, 0) is 11.3 Å². The molecule has 0 saturated heterocycles. The van der Waals surface area contributed by atoms with E-state index < -0.39 is 0 Å². The molecule has 0 aliphatic heterocycles. The molecule has 0 unspecified atom stereocenters. The van der Waals surface area contributed by atoms with E-state index in [9.17, 15) is 9.59 Å². The van der Waals surface area contributed by atoms with Gasteiger partial charge in [0, 0.05) is 54.8 Å². The standard InChI is InChI=1S/C28H27N5O3/c1-19(34)30-23-13-11-20(12-14-23)25-15-16-29-28(32-25)31-24-9-6-8-21(17-24)27(35)33(2)18-22-7-4-5-10-26(22)36-3/h4-17H,18H2,1-3H3,(H,30,34)(H,29,31,32). The third-order valence-corrected chi connectivity index (χ3v) is 5.47. The van der Waals surface area contributed by atoms with Crippen molar-refractivity contribution in [2.45, 2.75) is 13.5 Å². The maximum atomic E-state index is 13.1. The summed E-state index contributed by atoms with van der Waals surface area (Å²) in [5.41, 5.74) is 4.50. The van der Waals surface area contributed by atoms with Crippen LogP contribution in [0.25, 0.3) is 11.3 Å². The molecule has 4 aromatic rings. The van der Waals surface area contributed by atoms with Crippen molar-refractivity contribution in [2.24, 2.45) is 0 Å². The summed E-state index contributed by atoms with van der Waals surface area (Å²) in [7, 11) is 3.38. The number of hydrogen-bond donors (Lipinski definition) is 2. The quantitative estimate of drug-likeness (QED) is 0.362. The molecule has 0 atom stereocenters. The van der Waals surface area contributed by atoms with E-state index in [-0.39, 0.29) is 11.8 Å². The van der Waals surface area contributed by atoms with E-state index in [1.54, 1.807) is 37.4 Å². The molecule has 36 heavy (non-hydrogen) atoms. The van der Waals surface area contributed by atoms with Gasteiger partial charge in [-0.2, -0.15) is 0 Å². The predicted octanol–water partition coefficient (Wildman–Crippen LogP) is 5.13. The molecule has 4 rings (SSSR count). The number of rotatable bonds is 8.